The van der Waals surface area contributed by atoms with E-state index in [2.05, 4.69) is 65.3 Å². The first-order valence-electron chi connectivity index (χ1n) is 7.38. The number of hydrogen-bond acceptors (Lipinski definition) is 2. The first-order chi connectivity index (χ1) is 9.78. The van der Waals surface area contributed by atoms with Gasteiger partial charge in [0.05, 0.1) is 0 Å². The van der Waals surface area contributed by atoms with Gasteiger partial charge in [-0.15, -0.1) is 0 Å². The van der Waals surface area contributed by atoms with Crippen LogP contribution in [0.15, 0.2) is 22.8 Å². The lowest BCUT2D eigenvalue weighted by Gasteiger charge is -2.34. The van der Waals surface area contributed by atoms with Crippen molar-refractivity contribution in [2.75, 3.05) is 0 Å². The molecule has 0 saturated heterocycles. The third kappa shape index (κ3) is 2.55. The maximum atomic E-state index is 6.40. The molecule has 2 aromatic heterocycles. The number of nitrogens with two attached hydrogens (primary N) is 1. The molecule has 0 radical (unpaired) electrons. The largest absolute Gasteiger partial charge is 0.324 e. The zero-order chi connectivity index (χ0) is 15.4. The van der Waals surface area contributed by atoms with Crippen LogP contribution in [0, 0.1) is 19.3 Å². The monoisotopic (exact) mass is 347 g/mol. The van der Waals surface area contributed by atoms with E-state index in [0.717, 1.165) is 23.1 Å². The van der Waals surface area contributed by atoms with Gasteiger partial charge in [0.25, 0.3) is 0 Å². The van der Waals surface area contributed by atoms with E-state index in [0.29, 0.717) is 0 Å². The van der Waals surface area contributed by atoms with Gasteiger partial charge in [0.1, 0.15) is 5.82 Å². The van der Waals surface area contributed by atoms with E-state index in [1.54, 1.807) is 0 Å². The topological polar surface area (TPSA) is 43.8 Å². The van der Waals surface area contributed by atoms with Gasteiger partial charge in [-0.3, -0.25) is 0 Å². The van der Waals surface area contributed by atoms with Crippen LogP contribution in [0.4, 0.5) is 0 Å². The van der Waals surface area contributed by atoms with Crippen LogP contribution >= 0.6 is 15.9 Å². The number of aromatic nitrogens is 2. The van der Waals surface area contributed by atoms with Crippen molar-refractivity contribution in [1.82, 2.24) is 9.55 Å². The smallest absolute Gasteiger partial charge is 0.137 e. The zero-order valence-electron chi connectivity index (χ0n) is 13.1. The fourth-order valence-electron chi connectivity index (χ4n) is 3.41. The summed E-state index contributed by atoms with van der Waals surface area (Å²) in [6.07, 6.45) is 3.96. The number of rotatable bonds is 1. The highest BCUT2D eigenvalue weighted by atomic mass is 79.9. The van der Waals surface area contributed by atoms with E-state index in [-0.39, 0.29) is 11.5 Å². The number of pyridine rings is 1. The summed E-state index contributed by atoms with van der Waals surface area (Å²) in [4.78, 5) is 4.60. The van der Waals surface area contributed by atoms with Crippen LogP contribution in [0.5, 0.6) is 0 Å². The molecule has 1 unspecified atom stereocenters. The molecular weight excluding hydrogens is 326 g/mol. The number of hydrogen-bond donors (Lipinski definition) is 1. The summed E-state index contributed by atoms with van der Waals surface area (Å²) in [6.45, 7) is 8.82. The van der Waals surface area contributed by atoms with Gasteiger partial charge in [0.2, 0.25) is 0 Å². The number of aryl methyl sites for hydroxylation is 2. The second-order valence-electron chi connectivity index (χ2n) is 6.97. The molecule has 0 spiro atoms. The van der Waals surface area contributed by atoms with Crippen LogP contribution in [-0.4, -0.2) is 9.55 Å². The van der Waals surface area contributed by atoms with Crippen molar-refractivity contribution < 1.29 is 0 Å². The fourth-order valence-corrected chi connectivity index (χ4v) is 3.63. The fraction of sp³-hybridized carbons (Fsp3) is 0.471. The minimum atomic E-state index is 0.125. The van der Waals surface area contributed by atoms with Crippen molar-refractivity contribution >= 4 is 15.9 Å². The lowest BCUT2D eigenvalue weighted by molar-refractivity contribution is 0.278. The molecule has 0 amide bonds. The Labute approximate surface area is 134 Å². The molecule has 1 aliphatic carbocycles. The Morgan fingerprint density at radius 3 is 2.71 bits per heavy atom. The van der Waals surface area contributed by atoms with E-state index in [9.17, 15) is 0 Å². The molecule has 3 rings (SSSR count). The van der Waals surface area contributed by atoms with Crippen molar-refractivity contribution in [2.45, 2.75) is 46.6 Å². The van der Waals surface area contributed by atoms with Gasteiger partial charge in [-0.05, 0) is 71.3 Å². The molecule has 21 heavy (non-hydrogen) atoms. The molecule has 0 aliphatic heterocycles. The molecule has 0 aromatic carbocycles. The highest BCUT2D eigenvalue weighted by molar-refractivity contribution is 9.10. The maximum Gasteiger partial charge on any atom is 0.137 e. The Hall–Kier alpha value is -1.13. The maximum absolute atomic E-state index is 6.40. The Balaban J connectivity index is 2.18. The summed E-state index contributed by atoms with van der Waals surface area (Å²) in [6, 6.07) is 4.49. The lowest BCUT2D eigenvalue weighted by Crippen LogP contribution is -2.30. The van der Waals surface area contributed by atoms with Crippen LogP contribution in [-0.2, 0) is 6.42 Å². The first-order valence-corrected chi connectivity index (χ1v) is 8.17. The summed E-state index contributed by atoms with van der Waals surface area (Å²) in [5, 5.41) is 0. The SMILES string of the molecule is Cc1cc(-n2c(C)cc3c2CC(C)(C)CC3N)ncc1Br. The molecule has 0 saturated carbocycles. The molecule has 112 valence electrons. The highest BCUT2D eigenvalue weighted by Gasteiger charge is 2.33. The van der Waals surface area contributed by atoms with Gasteiger partial charge >= 0.3 is 0 Å². The molecular formula is C17H22BrN3. The standard InChI is InChI=1S/C17H22BrN3/c1-10-5-16(20-9-13(10)18)21-11(2)6-12-14(19)7-17(3,4)8-15(12)21/h5-6,9,14H,7-8,19H2,1-4H3. The van der Waals surface area contributed by atoms with Crippen LogP contribution in [0.25, 0.3) is 5.82 Å². The van der Waals surface area contributed by atoms with Crippen molar-refractivity contribution in [2.24, 2.45) is 11.1 Å². The average molecular weight is 348 g/mol. The van der Waals surface area contributed by atoms with E-state index in [4.69, 9.17) is 5.73 Å². The second-order valence-corrected chi connectivity index (χ2v) is 7.82. The third-order valence-electron chi connectivity index (χ3n) is 4.40. The molecule has 3 nitrogen and oxygen atoms in total. The molecule has 2 aromatic rings. The van der Waals surface area contributed by atoms with Gasteiger partial charge < -0.3 is 10.3 Å². The van der Waals surface area contributed by atoms with Crippen molar-refractivity contribution in [3.8, 4) is 5.82 Å². The third-order valence-corrected chi connectivity index (χ3v) is 5.23. The summed E-state index contributed by atoms with van der Waals surface area (Å²) in [5.74, 6) is 0.986. The van der Waals surface area contributed by atoms with E-state index >= 15 is 0 Å². The molecule has 2 heterocycles. The Morgan fingerprint density at radius 1 is 1.33 bits per heavy atom. The Kier molecular flexibility index (Phi) is 3.49. The summed E-state index contributed by atoms with van der Waals surface area (Å²) in [7, 11) is 0. The normalized spacial score (nSPS) is 20.4. The van der Waals surface area contributed by atoms with E-state index in [1.807, 2.05) is 6.20 Å². The van der Waals surface area contributed by atoms with Crippen LogP contribution in [0.1, 0.15) is 48.8 Å². The van der Waals surface area contributed by atoms with Gasteiger partial charge in [-0.2, -0.15) is 0 Å². The summed E-state index contributed by atoms with van der Waals surface area (Å²) < 4.78 is 3.32. The molecule has 1 aliphatic rings. The van der Waals surface area contributed by atoms with Gasteiger partial charge in [-0.1, -0.05) is 13.8 Å². The first kappa shape index (κ1) is 14.8. The van der Waals surface area contributed by atoms with Crippen LogP contribution in [0.3, 0.4) is 0 Å². The van der Waals surface area contributed by atoms with Crippen molar-refractivity contribution in [3.05, 3.63) is 45.3 Å². The second kappa shape index (κ2) is 4.96. The van der Waals surface area contributed by atoms with Crippen LogP contribution in [0.2, 0.25) is 0 Å². The number of nitrogens with zero attached hydrogens (tertiary/aromatic N) is 2. The van der Waals surface area contributed by atoms with Crippen molar-refractivity contribution in [1.29, 1.82) is 0 Å². The minimum Gasteiger partial charge on any atom is -0.324 e. The quantitative estimate of drug-likeness (QED) is 0.838. The van der Waals surface area contributed by atoms with Crippen molar-refractivity contribution in [3.63, 3.8) is 0 Å². The zero-order valence-corrected chi connectivity index (χ0v) is 14.7. The van der Waals surface area contributed by atoms with Gasteiger partial charge in [-0.25, -0.2) is 4.98 Å². The van der Waals surface area contributed by atoms with Gasteiger partial charge in [0, 0.05) is 28.1 Å². The highest BCUT2D eigenvalue weighted by Crippen LogP contribution is 2.41. The molecule has 0 fully saturated rings. The van der Waals surface area contributed by atoms with Crippen LogP contribution < -0.4 is 5.73 Å². The van der Waals surface area contributed by atoms with E-state index in [1.165, 1.54) is 22.5 Å². The average Bonchev–Trinajstić information content (AvgIpc) is 2.68. The minimum absolute atomic E-state index is 0.125. The predicted molar refractivity (Wildman–Crippen MR) is 89.8 cm³/mol. The predicted octanol–water partition coefficient (Wildman–Crippen LogP) is 4.22. The number of halogens is 1. The Bertz CT molecular complexity index is 700. The summed E-state index contributed by atoms with van der Waals surface area (Å²) in [5.41, 5.74) is 11.6. The number of fused-ring (bicyclic) bond motifs is 1. The molecule has 0 bridgehead atoms. The molecule has 1 atom stereocenters. The molecule has 2 N–H and O–H groups in total. The van der Waals surface area contributed by atoms with E-state index < -0.39 is 0 Å². The summed E-state index contributed by atoms with van der Waals surface area (Å²) >= 11 is 3.52. The Morgan fingerprint density at radius 2 is 2.05 bits per heavy atom. The lowest BCUT2D eigenvalue weighted by atomic mass is 9.74. The van der Waals surface area contributed by atoms with Gasteiger partial charge in [0.15, 0.2) is 0 Å². The molecule has 4 heteroatoms.